The Balaban J connectivity index is 1.24. The number of nitrogens with zero attached hydrogens (tertiary/aromatic N) is 2. The number of hydrogen-bond donors (Lipinski definition) is 0. The number of rotatable bonds is 7. The molecule has 254 valence electrons. The van der Waals surface area contributed by atoms with Crippen molar-refractivity contribution in [2.75, 3.05) is 4.90 Å². The van der Waals surface area contributed by atoms with Crippen molar-refractivity contribution in [2.24, 2.45) is 0 Å². The van der Waals surface area contributed by atoms with Crippen LogP contribution in [-0.2, 0) is 0 Å². The predicted molar refractivity (Wildman–Crippen MR) is 229 cm³/mol. The summed E-state index contributed by atoms with van der Waals surface area (Å²) in [5, 5.41) is 4.97. The summed E-state index contributed by atoms with van der Waals surface area (Å²) in [5.74, 6) is 0. The summed E-state index contributed by atoms with van der Waals surface area (Å²) in [6.07, 6.45) is 0. The fourth-order valence-corrected chi connectivity index (χ4v) is 8.09. The van der Waals surface area contributed by atoms with Crippen molar-refractivity contribution in [3.63, 3.8) is 0 Å². The molecular weight excluding hydrogens is 653 g/mol. The van der Waals surface area contributed by atoms with E-state index in [1.54, 1.807) is 0 Å². The molecular formula is C52H36N2. The second kappa shape index (κ2) is 13.4. The summed E-state index contributed by atoms with van der Waals surface area (Å²) in [7, 11) is 0. The number of anilines is 3. The Bertz CT molecular complexity index is 2840. The fraction of sp³-hybridized carbons (Fsp3) is 0. The molecule has 0 radical (unpaired) electrons. The highest BCUT2D eigenvalue weighted by Gasteiger charge is 2.21. The van der Waals surface area contributed by atoms with E-state index in [9.17, 15) is 0 Å². The number of aromatic nitrogens is 1. The Kier molecular flexibility index (Phi) is 7.85. The molecule has 0 fully saturated rings. The van der Waals surface area contributed by atoms with Gasteiger partial charge in [0.2, 0.25) is 0 Å². The van der Waals surface area contributed by atoms with Gasteiger partial charge >= 0.3 is 0 Å². The minimum Gasteiger partial charge on any atom is -0.310 e. The molecule has 0 atom stereocenters. The van der Waals surface area contributed by atoms with Gasteiger partial charge in [0.1, 0.15) is 0 Å². The van der Waals surface area contributed by atoms with Gasteiger partial charge in [0, 0.05) is 33.5 Å². The summed E-state index contributed by atoms with van der Waals surface area (Å²) in [6, 6.07) is 78.9. The van der Waals surface area contributed by atoms with E-state index in [4.69, 9.17) is 0 Å². The van der Waals surface area contributed by atoms with Crippen molar-refractivity contribution >= 4 is 49.6 Å². The molecule has 10 aromatic rings. The standard InChI is InChI=1S/C52H36N2/c1-4-16-37(17-5-1)40-22-12-26-43(34-40)53(44-27-13-23-41(35-44)38-18-6-2-7-19-38)45-32-33-49-51(36-45)54(42-24-8-3-9-25-42)50-31-15-30-48(52(49)50)47-29-14-21-39-20-10-11-28-46(39)47/h1-36H. The SMILES string of the molecule is c1ccc(-c2cccc(N(c3cccc(-c4ccccc4)c3)c3ccc4c5c(-c6cccc7ccccc67)cccc5n(-c5ccccc5)c4c3)c2)cc1. The molecule has 0 aliphatic carbocycles. The maximum absolute atomic E-state index is 2.43. The minimum absolute atomic E-state index is 1.09. The fourth-order valence-electron chi connectivity index (χ4n) is 8.09. The van der Waals surface area contributed by atoms with Crippen LogP contribution in [0.5, 0.6) is 0 Å². The lowest BCUT2D eigenvalue weighted by Crippen LogP contribution is -2.10. The Morgan fingerprint density at radius 2 is 0.833 bits per heavy atom. The molecule has 2 heteroatoms. The molecule has 0 unspecified atom stereocenters. The minimum atomic E-state index is 1.09. The highest BCUT2D eigenvalue weighted by molar-refractivity contribution is 6.18. The molecule has 9 aromatic carbocycles. The van der Waals surface area contributed by atoms with Gasteiger partial charge in [-0.05, 0) is 98.8 Å². The first kappa shape index (κ1) is 31.6. The second-order valence-electron chi connectivity index (χ2n) is 13.8. The van der Waals surface area contributed by atoms with E-state index in [2.05, 4.69) is 228 Å². The lowest BCUT2D eigenvalue weighted by Gasteiger charge is -2.27. The van der Waals surface area contributed by atoms with Crippen LogP contribution in [0.1, 0.15) is 0 Å². The van der Waals surface area contributed by atoms with Gasteiger partial charge in [0.25, 0.3) is 0 Å². The quantitative estimate of drug-likeness (QED) is 0.162. The smallest absolute Gasteiger partial charge is 0.0562 e. The largest absolute Gasteiger partial charge is 0.310 e. The van der Waals surface area contributed by atoms with Crippen molar-refractivity contribution in [3.05, 3.63) is 218 Å². The summed E-state index contributed by atoms with van der Waals surface area (Å²) in [5.41, 5.74) is 14.0. The summed E-state index contributed by atoms with van der Waals surface area (Å²) in [6.45, 7) is 0. The lowest BCUT2D eigenvalue weighted by molar-refractivity contribution is 1.18. The van der Waals surface area contributed by atoms with E-state index >= 15 is 0 Å². The third-order valence-electron chi connectivity index (χ3n) is 10.6. The zero-order chi connectivity index (χ0) is 35.8. The average molecular weight is 689 g/mol. The monoisotopic (exact) mass is 688 g/mol. The first-order chi connectivity index (χ1) is 26.8. The first-order valence-electron chi connectivity index (χ1n) is 18.5. The van der Waals surface area contributed by atoms with Gasteiger partial charge in [0.15, 0.2) is 0 Å². The normalized spacial score (nSPS) is 11.3. The molecule has 0 bridgehead atoms. The summed E-state index contributed by atoms with van der Waals surface area (Å²) >= 11 is 0. The van der Waals surface area contributed by atoms with Gasteiger partial charge in [0.05, 0.1) is 11.0 Å². The molecule has 54 heavy (non-hydrogen) atoms. The number of hydrogen-bond acceptors (Lipinski definition) is 1. The Morgan fingerprint density at radius 1 is 0.315 bits per heavy atom. The van der Waals surface area contributed by atoms with Crippen LogP contribution in [0.15, 0.2) is 218 Å². The van der Waals surface area contributed by atoms with Crippen LogP contribution in [0.2, 0.25) is 0 Å². The zero-order valence-electron chi connectivity index (χ0n) is 29.7. The molecule has 0 saturated heterocycles. The van der Waals surface area contributed by atoms with Crippen molar-refractivity contribution in [1.29, 1.82) is 0 Å². The van der Waals surface area contributed by atoms with E-state index in [-0.39, 0.29) is 0 Å². The second-order valence-corrected chi connectivity index (χ2v) is 13.8. The summed E-state index contributed by atoms with van der Waals surface area (Å²) < 4.78 is 2.43. The highest BCUT2D eigenvalue weighted by Crippen LogP contribution is 2.44. The topological polar surface area (TPSA) is 8.17 Å². The molecule has 1 heterocycles. The third-order valence-corrected chi connectivity index (χ3v) is 10.6. The maximum atomic E-state index is 2.43. The van der Waals surface area contributed by atoms with Crippen LogP contribution in [0.3, 0.4) is 0 Å². The molecule has 0 aliphatic heterocycles. The van der Waals surface area contributed by atoms with Crippen LogP contribution in [0.4, 0.5) is 17.1 Å². The van der Waals surface area contributed by atoms with E-state index in [1.165, 1.54) is 60.4 Å². The molecule has 0 saturated carbocycles. The molecule has 0 amide bonds. The molecule has 0 spiro atoms. The average Bonchev–Trinajstić information content (AvgIpc) is 3.59. The lowest BCUT2D eigenvalue weighted by atomic mass is 9.94. The number of para-hydroxylation sites is 1. The first-order valence-corrected chi connectivity index (χ1v) is 18.5. The van der Waals surface area contributed by atoms with E-state index in [0.717, 1.165) is 28.3 Å². The van der Waals surface area contributed by atoms with E-state index in [1.807, 2.05) is 0 Å². The van der Waals surface area contributed by atoms with Gasteiger partial charge in [-0.3, -0.25) is 0 Å². The van der Waals surface area contributed by atoms with Crippen LogP contribution >= 0.6 is 0 Å². The summed E-state index contributed by atoms with van der Waals surface area (Å²) in [4.78, 5) is 2.40. The molecule has 2 nitrogen and oxygen atoms in total. The third kappa shape index (κ3) is 5.53. The zero-order valence-corrected chi connectivity index (χ0v) is 29.7. The molecule has 0 aliphatic rings. The maximum Gasteiger partial charge on any atom is 0.0562 e. The Labute approximate surface area is 315 Å². The van der Waals surface area contributed by atoms with Crippen LogP contribution in [-0.4, -0.2) is 4.57 Å². The molecule has 0 N–H and O–H groups in total. The van der Waals surface area contributed by atoms with Gasteiger partial charge in [-0.25, -0.2) is 0 Å². The van der Waals surface area contributed by atoms with Crippen molar-refractivity contribution in [2.45, 2.75) is 0 Å². The van der Waals surface area contributed by atoms with Crippen LogP contribution in [0, 0.1) is 0 Å². The van der Waals surface area contributed by atoms with Crippen molar-refractivity contribution in [1.82, 2.24) is 4.57 Å². The predicted octanol–water partition coefficient (Wildman–Crippen LogP) is 14.4. The number of fused-ring (bicyclic) bond motifs is 4. The van der Waals surface area contributed by atoms with E-state index in [0.29, 0.717) is 0 Å². The van der Waals surface area contributed by atoms with Crippen molar-refractivity contribution < 1.29 is 0 Å². The highest BCUT2D eigenvalue weighted by atomic mass is 15.1. The Hall–Kier alpha value is -7.16. The van der Waals surface area contributed by atoms with Crippen LogP contribution in [0.25, 0.3) is 71.6 Å². The van der Waals surface area contributed by atoms with Gasteiger partial charge in [-0.15, -0.1) is 0 Å². The molecule has 10 rings (SSSR count). The molecule has 1 aromatic heterocycles. The van der Waals surface area contributed by atoms with Crippen molar-refractivity contribution in [3.8, 4) is 39.1 Å². The van der Waals surface area contributed by atoms with E-state index < -0.39 is 0 Å². The van der Waals surface area contributed by atoms with Gasteiger partial charge in [-0.2, -0.15) is 0 Å². The van der Waals surface area contributed by atoms with Gasteiger partial charge in [-0.1, -0.05) is 164 Å². The van der Waals surface area contributed by atoms with Gasteiger partial charge < -0.3 is 9.47 Å². The van der Waals surface area contributed by atoms with Crippen LogP contribution < -0.4 is 4.90 Å². The number of benzene rings is 9. The Morgan fingerprint density at radius 3 is 1.52 bits per heavy atom.